The smallest absolute Gasteiger partial charge is 0.273 e. The van der Waals surface area contributed by atoms with Crippen LogP contribution in [-0.2, 0) is 17.6 Å². The second-order valence-electron chi connectivity index (χ2n) is 8.70. The molecule has 0 spiro atoms. The number of thiazole rings is 1. The number of piperazine rings is 1. The van der Waals surface area contributed by atoms with Gasteiger partial charge in [0.1, 0.15) is 17.1 Å². The number of aryl methyl sites for hydroxylation is 2. The molecule has 11 nitrogen and oxygen atoms in total. The Labute approximate surface area is 220 Å². The number of anilines is 2. The zero-order chi connectivity index (χ0) is 26.6. The molecule has 4 aromatic rings. The van der Waals surface area contributed by atoms with Crippen LogP contribution in [0.1, 0.15) is 10.6 Å². The fraction of sp³-hybridized carbons (Fsp3) is 0.280. The van der Waals surface area contributed by atoms with Crippen LogP contribution in [0.5, 0.6) is 5.75 Å². The van der Waals surface area contributed by atoms with Gasteiger partial charge in [0.15, 0.2) is 17.3 Å². The van der Waals surface area contributed by atoms with Crippen molar-refractivity contribution in [2.24, 2.45) is 0 Å². The van der Waals surface area contributed by atoms with Crippen LogP contribution in [0.25, 0.3) is 10.3 Å². The van der Waals surface area contributed by atoms with Gasteiger partial charge < -0.3 is 20.3 Å². The second-order valence-corrected chi connectivity index (χ2v) is 9.77. The fourth-order valence-electron chi connectivity index (χ4n) is 4.19. The number of nitro benzene ring substituents is 1. The molecule has 1 amide bonds. The molecule has 0 atom stereocenters. The Morgan fingerprint density at radius 2 is 1.84 bits per heavy atom. The minimum atomic E-state index is -0.512. The number of nitro groups is 1. The van der Waals surface area contributed by atoms with Crippen LogP contribution in [0, 0.1) is 15.9 Å². The van der Waals surface area contributed by atoms with E-state index >= 15 is 0 Å². The number of carbonyl (C=O) groups excluding carboxylic acids is 1. The van der Waals surface area contributed by atoms with Gasteiger partial charge in [0.2, 0.25) is 5.95 Å². The minimum Gasteiger partial charge on any atom is -0.484 e. The van der Waals surface area contributed by atoms with E-state index in [-0.39, 0.29) is 35.7 Å². The highest BCUT2D eigenvalue weighted by atomic mass is 32.1. The largest absolute Gasteiger partial charge is 0.484 e. The topological polar surface area (TPSA) is 141 Å². The van der Waals surface area contributed by atoms with Gasteiger partial charge in [-0.3, -0.25) is 14.9 Å². The van der Waals surface area contributed by atoms with Gasteiger partial charge in [-0.25, -0.2) is 14.4 Å². The number of amides is 1. The number of ether oxygens (including phenoxy) is 1. The summed E-state index contributed by atoms with van der Waals surface area (Å²) in [5.41, 5.74) is 7.59. The van der Waals surface area contributed by atoms with Crippen LogP contribution in [0.15, 0.2) is 48.5 Å². The van der Waals surface area contributed by atoms with Crippen molar-refractivity contribution < 1.29 is 18.8 Å². The van der Waals surface area contributed by atoms with Crippen molar-refractivity contribution in [3.63, 3.8) is 0 Å². The van der Waals surface area contributed by atoms with Crippen LogP contribution >= 0.6 is 11.3 Å². The van der Waals surface area contributed by atoms with Gasteiger partial charge in [0.05, 0.1) is 16.0 Å². The lowest BCUT2D eigenvalue weighted by molar-refractivity contribution is -0.384. The molecule has 196 valence electrons. The maximum Gasteiger partial charge on any atom is 0.273 e. The van der Waals surface area contributed by atoms with Gasteiger partial charge in [0, 0.05) is 38.7 Å². The molecule has 1 aliphatic heterocycles. The van der Waals surface area contributed by atoms with E-state index in [1.54, 1.807) is 23.1 Å². The van der Waals surface area contributed by atoms with E-state index in [2.05, 4.69) is 9.97 Å². The van der Waals surface area contributed by atoms with E-state index in [1.165, 1.54) is 41.7 Å². The summed E-state index contributed by atoms with van der Waals surface area (Å²) in [5.74, 6) is 0.590. The molecule has 13 heteroatoms. The highest BCUT2D eigenvalue weighted by molar-refractivity contribution is 7.18. The number of nitrogens with two attached hydrogens (primary N) is 1. The van der Waals surface area contributed by atoms with Gasteiger partial charge in [-0.2, -0.15) is 4.98 Å². The maximum absolute atomic E-state index is 13.2. The molecular formula is C25H24FN7O4S. The summed E-state index contributed by atoms with van der Waals surface area (Å²) in [6.07, 6.45) is 1.40. The summed E-state index contributed by atoms with van der Waals surface area (Å²) in [4.78, 5) is 41.1. The van der Waals surface area contributed by atoms with E-state index in [0.29, 0.717) is 48.8 Å². The lowest BCUT2D eigenvalue weighted by Gasteiger charge is -2.35. The Hall–Kier alpha value is -4.39. The highest BCUT2D eigenvalue weighted by Crippen LogP contribution is 2.30. The molecule has 2 aromatic carbocycles. The zero-order valence-electron chi connectivity index (χ0n) is 20.2. The van der Waals surface area contributed by atoms with Crippen LogP contribution in [0.2, 0.25) is 0 Å². The number of non-ortho nitro benzene ring substituents is 1. The predicted molar refractivity (Wildman–Crippen MR) is 141 cm³/mol. The average molecular weight is 538 g/mol. The molecule has 3 heterocycles. The highest BCUT2D eigenvalue weighted by Gasteiger charge is 2.25. The number of rotatable bonds is 8. The molecule has 1 aliphatic rings. The SMILES string of the molecule is Nc1nc(N2CCN(C(=O)COc3cccc([N+](=O)[O-])c3)CC2)c2nc(CCc3ccc(F)cc3)sc2n1. The van der Waals surface area contributed by atoms with Crippen LogP contribution < -0.4 is 15.4 Å². The Morgan fingerprint density at radius 1 is 1.08 bits per heavy atom. The minimum absolute atomic E-state index is 0.0975. The number of hydrogen-bond donors (Lipinski definition) is 1. The molecule has 38 heavy (non-hydrogen) atoms. The molecule has 5 rings (SSSR count). The normalized spacial score (nSPS) is 13.6. The van der Waals surface area contributed by atoms with Gasteiger partial charge in [-0.05, 0) is 30.2 Å². The van der Waals surface area contributed by atoms with Crippen molar-refractivity contribution in [3.05, 3.63) is 75.0 Å². The third-order valence-electron chi connectivity index (χ3n) is 6.17. The summed E-state index contributed by atoms with van der Waals surface area (Å²) in [6, 6.07) is 12.2. The number of carbonyl (C=O) groups is 1. The summed E-state index contributed by atoms with van der Waals surface area (Å²) < 4.78 is 18.7. The fourth-order valence-corrected chi connectivity index (χ4v) is 5.12. The molecule has 1 fully saturated rings. The number of halogens is 1. The third kappa shape index (κ3) is 5.78. The van der Waals surface area contributed by atoms with E-state index in [4.69, 9.17) is 15.5 Å². The van der Waals surface area contributed by atoms with Gasteiger partial charge in [-0.1, -0.05) is 29.5 Å². The molecule has 0 bridgehead atoms. The van der Waals surface area contributed by atoms with Crippen LogP contribution in [-0.4, -0.2) is 63.5 Å². The molecular weight excluding hydrogens is 513 g/mol. The predicted octanol–water partition coefficient (Wildman–Crippen LogP) is 3.23. The number of nitrogen functional groups attached to an aromatic ring is 1. The lowest BCUT2D eigenvalue weighted by Crippen LogP contribution is -2.50. The van der Waals surface area contributed by atoms with Crippen molar-refractivity contribution in [2.45, 2.75) is 12.8 Å². The van der Waals surface area contributed by atoms with Crippen molar-refractivity contribution >= 4 is 45.0 Å². The monoisotopic (exact) mass is 537 g/mol. The number of fused-ring (bicyclic) bond motifs is 1. The molecule has 0 unspecified atom stereocenters. The third-order valence-corrected chi connectivity index (χ3v) is 7.17. The summed E-state index contributed by atoms with van der Waals surface area (Å²) in [7, 11) is 0. The first-order valence-electron chi connectivity index (χ1n) is 11.9. The molecule has 0 radical (unpaired) electrons. The molecule has 2 N–H and O–H groups in total. The van der Waals surface area contributed by atoms with E-state index in [9.17, 15) is 19.3 Å². The number of nitrogens with zero attached hydrogens (tertiary/aromatic N) is 6. The molecule has 1 saturated heterocycles. The Kier molecular flexibility index (Phi) is 7.26. The number of benzene rings is 2. The van der Waals surface area contributed by atoms with Gasteiger partial charge >= 0.3 is 0 Å². The van der Waals surface area contributed by atoms with E-state index in [1.807, 2.05) is 4.90 Å². The summed E-state index contributed by atoms with van der Waals surface area (Å²) in [6.45, 7) is 1.73. The zero-order valence-corrected chi connectivity index (χ0v) is 21.1. The van der Waals surface area contributed by atoms with E-state index < -0.39 is 4.92 Å². The maximum atomic E-state index is 13.2. The van der Waals surface area contributed by atoms with Crippen molar-refractivity contribution in [3.8, 4) is 5.75 Å². The Balaban J connectivity index is 1.21. The quantitative estimate of drug-likeness (QED) is 0.265. The van der Waals surface area contributed by atoms with Crippen LogP contribution in [0.4, 0.5) is 21.8 Å². The molecule has 2 aromatic heterocycles. The van der Waals surface area contributed by atoms with Crippen molar-refractivity contribution in [1.29, 1.82) is 0 Å². The van der Waals surface area contributed by atoms with Crippen molar-refractivity contribution in [2.75, 3.05) is 43.4 Å². The first-order valence-corrected chi connectivity index (χ1v) is 12.7. The van der Waals surface area contributed by atoms with Gasteiger partial charge in [-0.15, -0.1) is 0 Å². The second kappa shape index (κ2) is 10.9. The first-order chi connectivity index (χ1) is 18.4. The van der Waals surface area contributed by atoms with Crippen molar-refractivity contribution in [1.82, 2.24) is 19.9 Å². The average Bonchev–Trinajstić information content (AvgIpc) is 3.34. The summed E-state index contributed by atoms with van der Waals surface area (Å²) >= 11 is 1.46. The Morgan fingerprint density at radius 3 is 2.58 bits per heavy atom. The van der Waals surface area contributed by atoms with E-state index in [0.717, 1.165) is 17.0 Å². The standard InChI is InChI=1S/C25H24FN7O4S/c26-17-7-4-16(5-8-17)6-9-20-28-22-23(29-25(27)30-24(22)38-20)32-12-10-31(11-13-32)21(34)15-37-19-3-1-2-18(14-19)33(35)36/h1-5,7-8,14H,6,9-13,15H2,(H2,27,29,30). The summed E-state index contributed by atoms with van der Waals surface area (Å²) in [5, 5.41) is 11.8. The first kappa shape index (κ1) is 25.3. The van der Waals surface area contributed by atoms with Crippen LogP contribution in [0.3, 0.4) is 0 Å². The van der Waals surface area contributed by atoms with Gasteiger partial charge in [0.25, 0.3) is 11.6 Å². The molecule has 0 aliphatic carbocycles. The Bertz CT molecular complexity index is 1470. The molecule has 0 saturated carbocycles. The number of hydrogen-bond acceptors (Lipinski definition) is 10. The lowest BCUT2D eigenvalue weighted by atomic mass is 10.1. The number of aromatic nitrogens is 3.